The second-order valence-corrected chi connectivity index (χ2v) is 10.2. The van der Waals surface area contributed by atoms with Crippen molar-refractivity contribution in [2.75, 3.05) is 17.2 Å². The van der Waals surface area contributed by atoms with E-state index in [1.165, 1.54) is 11.3 Å². The van der Waals surface area contributed by atoms with Crippen LogP contribution in [0.15, 0.2) is 78.9 Å². The first kappa shape index (κ1) is 27.9. The highest BCUT2D eigenvalue weighted by Crippen LogP contribution is 2.40. The molecule has 4 aromatic rings. The quantitative estimate of drug-likeness (QED) is 0.210. The third-order valence-electron chi connectivity index (χ3n) is 5.76. The first-order chi connectivity index (χ1) is 18.8. The van der Waals surface area contributed by atoms with Crippen molar-refractivity contribution in [3.63, 3.8) is 0 Å². The number of hydrogen-bond acceptors (Lipinski definition) is 6. The van der Waals surface area contributed by atoms with Crippen LogP contribution in [0, 0.1) is 6.92 Å². The lowest BCUT2D eigenvalue weighted by molar-refractivity contribution is -0.122. The van der Waals surface area contributed by atoms with E-state index < -0.39 is 12.1 Å². The lowest BCUT2D eigenvalue weighted by atomic mass is 10.0. The van der Waals surface area contributed by atoms with Crippen molar-refractivity contribution in [1.82, 2.24) is 0 Å². The maximum Gasteiger partial charge on any atom is 0.341 e. The number of nitrogens with one attached hydrogen (secondary N) is 2. The number of ether oxygens (including phenoxy) is 2. The summed E-state index contributed by atoms with van der Waals surface area (Å²) in [5, 5.41) is 6.63. The van der Waals surface area contributed by atoms with E-state index in [4.69, 9.17) is 21.1 Å². The minimum Gasteiger partial charge on any atom is -0.481 e. The highest BCUT2D eigenvalue weighted by atomic mass is 35.5. The van der Waals surface area contributed by atoms with E-state index in [1.807, 2.05) is 37.3 Å². The van der Waals surface area contributed by atoms with E-state index in [2.05, 4.69) is 10.6 Å². The third kappa shape index (κ3) is 6.85. The summed E-state index contributed by atoms with van der Waals surface area (Å²) in [4.78, 5) is 39.4. The van der Waals surface area contributed by atoms with Crippen molar-refractivity contribution in [1.29, 1.82) is 0 Å². The third-order valence-corrected chi connectivity index (χ3v) is 7.04. The lowest BCUT2D eigenvalue weighted by Crippen LogP contribution is -2.30. The number of rotatable bonds is 9. The number of aryl methyl sites for hydroxylation is 1. The molecule has 0 aliphatic rings. The van der Waals surface area contributed by atoms with Gasteiger partial charge in [0, 0.05) is 26.7 Å². The van der Waals surface area contributed by atoms with E-state index in [-0.39, 0.29) is 18.4 Å². The summed E-state index contributed by atoms with van der Waals surface area (Å²) >= 11 is 7.20. The standard InChI is InChI=1S/C30H27ClN2O5S/c1-4-37-30(36)26-25(20-8-6-5-7-9-20)19(3)39-29(26)33-28(35)21-10-16-24(17-11-21)38-18(2)27(34)32-23-14-12-22(31)13-15-23/h5-18H,4H2,1-3H3,(H,32,34)(H,33,35). The Balaban J connectivity index is 1.47. The van der Waals surface area contributed by atoms with E-state index in [0.717, 1.165) is 16.0 Å². The van der Waals surface area contributed by atoms with Gasteiger partial charge in [-0.05, 0) is 74.9 Å². The van der Waals surface area contributed by atoms with Gasteiger partial charge in [0.2, 0.25) is 0 Å². The average molecular weight is 563 g/mol. The van der Waals surface area contributed by atoms with Crippen LogP contribution in [0.4, 0.5) is 10.7 Å². The summed E-state index contributed by atoms with van der Waals surface area (Å²) < 4.78 is 11.0. The first-order valence-corrected chi connectivity index (χ1v) is 13.5. The van der Waals surface area contributed by atoms with E-state index >= 15 is 0 Å². The van der Waals surface area contributed by atoms with Gasteiger partial charge in [0.15, 0.2) is 6.10 Å². The van der Waals surface area contributed by atoms with Crippen molar-refractivity contribution in [3.8, 4) is 16.9 Å². The molecule has 1 unspecified atom stereocenters. The molecule has 200 valence electrons. The zero-order valence-electron chi connectivity index (χ0n) is 21.6. The van der Waals surface area contributed by atoms with Gasteiger partial charge in [0.05, 0.1) is 6.61 Å². The molecular weight excluding hydrogens is 536 g/mol. The Labute approximate surface area is 235 Å². The second-order valence-electron chi connectivity index (χ2n) is 8.56. The molecule has 2 amide bonds. The molecule has 0 aliphatic heterocycles. The van der Waals surface area contributed by atoms with Gasteiger partial charge < -0.3 is 20.1 Å². The van der Waals surface area contributed by atoms with E-state index in [9.17, 15) is 14.4 Å². The van der Waals surface area contributed by atoms with E-state index in [0.29, 0.717) is 32.6 Å². The van der Waals surface area contributed by atoms with Crippen molar-refractivity contribution < 1.29 is 23.9 Å². The SMILES string of the molecule is CCOC(=O)c1c(NC(=O)c2ccc(OC(C)C(=O)Nc3ccc(Cl)cc3)cc2)sc(C)c1-c1ccccc1. The fourth-order valence-corrected chi connectivity index (χ4v) is 5.06. The van der Waals surface area contributed by atoms with Crippen molar-refractivity contribution in [2.45, 2.75) is 26.9 Å². The molecule has 0 spiro atoms. The van der Waals surface area contributed by atoms with Gasteiger partial charge in [-0.2, -0.15) is 0 Å². The molecule has 39 heavy (non-hydrogen) atoms. The molecule has 0 aliphatic carbocycles. The van der Waals surface area contributed by atoms with Crippen LogP contribution in [0.1, 0.15) is 39.4 Å². The molecular formula is C30H27ClN2O5S. The van der Waals surface area contributed by atoms with Crippen molar-refractivity contribution in [3.05, 3.63) is 99.9 Å². The first-order valence-electron chi connectivity index (χ1n) is 12.3. The number of hydrogen-bond donors (Lipinski definition) is 2. The molecule has 0 saturated carbocycles. The molecule has 0 saturated heterocycles. The van der Waals surface area contributed by atoms with Gasteiger partial charge >= 0.3 is 5.97 Å². The highest BCUT2D eigenvalue weighted by molar-refractivity contribution is 7.17. The smallest absolute Gasteiger partial charge is 0.341 e. The predicted octanol–water partition coefficient (Wildman–Crippen LogP) is 7.21. The van der Waals surface area contributed by atoms with Crippen LogP contribution >= 0.6 is 22.9 Å². The zero-order chi connectivity index (χ0) is 27.9. The zero-order valence-corrected chi connectivity index (χ0v) is 23.2. The van der Waals surface area contributed by atoms with Crippen LogP contribution in [0.2, 0.25) is 5.02 Å². The predicted molar refractivity (Wildman–Crippen MR) is 155 cm³/mol. The number of carbonyl (C=O) groups excluding carboxylic acids is 3. The minimum atomic E-state index is -0.780. The number of thiophene rings is 1. The van der Waals surface area contributed by atoms with E-state index in [1.54, 1.807) is 62.4 Å². The molecule has 0 fully saturated rings. The minimum absolute atomic E-state index is 0.215. The highest BCUT2D eigenvalue weighted by Gasteiger charge is 2.26. The largest absolute Gasteiger partial charge is 0.481 e. The maximum absolute atomic E-state index is 13.1. The Hall–Kier alpha value is -4.14. The molecule has 7 nitrogen and oxygen atoms in total. The Kier molecular flexibility index (Phi) is 9.01. The molecule has 0 bridgehead atoms. The second kappa shape index (κ2) is 12.6. The van der Waals surface area contributed by atoms with Crippen molar-refractivity contribution >= 4 is 51.4 Å². The van der Waals surface area contributed by atoms with Crippen LogP contribution in [0.5, 0.6) is 5.75 Å². The van der Waals surface area contributed by atoms with Crippen LogP contribution in [-0.4, -0.2) is 30.5 Å². The maximum atomic E-state index is 13.1. The summed E-state index contributed by atoms with van der Waals surface area (Å²) in [7, 11) is 0. The summed E-state index contributed by atoms with van der Waals surface area (Å²) in [6, 6.07) is 22.7. The van der Waals surface area contributed by atoms with Crippen LogP contribution in [-0.2, 0) is 9.53 Å². The molecule has 0 radical (unpaired) electrons. The average Bonchev–Trinajstić information content (AvgIpc) is 3.26. The molecule has 9 heteroatoms. The number of benzene rings is 3. The molecule has 4 rings (SSSR count). The van der Waals surface area contributed by atoms with Gasteiger partial charge in [0.1, 0.15) is 16.3 Å². The normalized spacial score (nSPS) is 11.4. The monoisotopic (exact) mass is 562 g/mol. The number of anilines is 2. The van der Waals surface area contributed by atoms with Gasteiger partial charge in [-0.3, -0.25) is 9.59 Å². The Morgan fingerprint density at radius 3 is 2.23 bits per heavy atom. The lowest BCUT2D eigenvalue weighted by Gasteiger charge is -2.15. The molecule has 1 atom stereocenters. The van der Waals surface area contributed by atoms with Gasteiger partial charge in [-0.25, -0.2) is 4.79 Å². The summed E-state index contributed by atoms with van der Waals surface area (Å²) in [5.41, 5.74) is 2.91. The van der Waals surface area contributed by atoms with Crippen molar-refractivity contribution in [2.24, 2.45) is 0 Å². The summed E-state index contributed by atoms with van der Waals surface area (Å²) in [6.07, 6.45) is -0.780. The topological polar surface area (TPSA) is 93.7 Å². The van der Waals surface area contributed by atoms with Gasteiger partial charge in [-0.15, -0.1) is 11.3 Å². The molecule has 2 N–H and O–H groups in total. The summed E-state index contributed by atoms with van der Waals surface area (Å²) in [6.45, 7) is 5.49. The fraction of sp³-hybridized carbons (Fsp3) is 0.167. The Morgan fingerprint density at radius 2 is 1.59 bits per heavy atom. The summed E-state index contributed by atoms with van der Waals surface area (Å²) in [5.74, 6) is -0.782. The fourth-order valence-electron chi connectivity index (χ4n) is 3.88. The molecule has 1 aromatic heterocycles. The van der Waals surface area contributed by atoms with Crippen LogP contribution in [0.3, 0.4) is 0 Å². The van der Waals surface area contributed by atoms with Crippen LogP contribution < -0.4 is 15.4 Å². The number of carbonyl (C=O) groups is 3. The molecule has 1 heterocycles. The Morgan fingerprint density at radius 1 is 0.923 bits per heavy atom. The number of amides is 2. The number of halogens is 1. The van der Waals surface area contributed by atoms with Gasteiger partial charge in [-0.1, -0.05) is 41.9 Å². The Bertz CT molecular complexity index is 1470. The molecule has 3 aromatic carbocycles. The number of esters is 1. The van der Waals surface area contributed by atoms with Gasteiger partial charge in [0.25, 0.3) is 11.8 Å². The van der Waals surface area contributed by atoms with Crippen LogP contribution in [0.25, 0.3) is 11.1 Å².